The molecular formula is C11H13ClN2O2. The van der Waals surface area contributed by atoms with Gasteiger partial charge in [0.25, 0.3) is 0 Å². The third kappa shape index (κ3) is 2.28. The van der Waals surface area contributed by atoms with E-state index in [4.69, 9.17) is 22.1 Å². The van der Waals surface area contributed by atoms with E-state index in [1.807, 2.05) is 18.2 Å². The van der Waals surface area contributed by atoms with Crippen LogP contribution in [0.2, 0.25) is 5.02 Å². The first-order valence-electron chi connectivity index (χ1n) is 5.10. The van der Waals surface area contributed by atoms with Crippen LogP contribution >= 0.6 is 11.6 Å². The van der Waals surface area contributed by atoms with Crippen molar-refractivity contribution in [3.05, 3.63) is 34.9 Å². The predicted octanol–water partition coefficient (Wildman–Crippen LogP) is 1.79. The van der Waals surface area contributed by atoms with Crippen molar-refractivity contribution < 1.29 is 9.53 Å². The Hall–Kier alpha value is -1.26. The van der Waals surface area contributed by atoms with E-state index in [1.165, 1.54) is 0 Å². The minimum absolute atomic E-state index is 0.278. The molecule has 0 radical (unpaired) electrons. The summed E-state index contributed by atoms with van der Waals surface area (Å²) in [7, 11) is 0. The summed E-state index contributed by atoms with van der Waals surface area (Å²) in [5.74, 6) is 0. The number of nitrogens with two attached hydrogens (primary N) is 1. The Morgan fingerprint density at radius 1 is 1.50 bits per heavy atom. The van der Waals surface area contributed by atoms with E-state index in [1.54, 1.807) is 11.0 Å². The highest BCUT2D eigenvalue weighted by Gasteiger charge is 2.24. The van der Waals surface area contributed by atoms with Gasteiger partial charge in [0, 0.05) is 17.6 Å². The van der Waals surface area contributed by atoms with E-state index in [9.17, 15) is 4.79 Å². The van der Waals surface area contributed by atoms with E-state index >= 15 is 0 Å². The van der Waals surface area contributed by atoms with Gasteiger partial charge in [0.05, 0.1) is 6.54 Å². The van der Waals surface area contributed by atoms with Gasteiger partial charge in [0.1, 0.15) is 6.61 Å². The van der Waals surface area contributed by atoms with Crippen molar-refractivity contribution >= 4 is 17.7 Å². The Morgan fingerprint density at radius 2 is 2.25 bits per heavy atom. The summed E-state index contributed by atoms with van der Waals surface area (Å²) in [5.41, 5.74) is 6.85. The van der Waals surface area contributed by atoms with E-state index in [0.717, 1.165) is 5.56 Å². The first kappa shape index (κ1) is 11.2. The molecule has 1 aliphatic rings. The van der Waals surface area contributed by atoms with Gasteiger partial charge >= 0.3 is 6.09 Å². The standard InChI is InChI=1S/C11H13ClN2O2/c12-9-4-2-1-3-8(9)10(13)7-14-5-6-16-11(14)15/h1-4,10H,5-7,13H2. The highest BCUT2D eigenvalue weighted by molar-refractivity contribution is 6.31. The van der Waals surface area contributed by atoms with E-state index in [-0.39, 0.29) is 12.1 Å². The lowest BCUT2D eigenvalue weighted by molar-refractivity contribution is 0.157. The molecule has 16 heavy (non-hydrogen) atoms. The molecule has 4 nitrogen and oxygen atoms in total. The highest BCUT2D eigenvalue weighted by Crippen LogP contribution is 2.22. The van der Waals surface area contributed by atoms with Gasteiger partial charge in [-0.1, -0.05) is 29.8 Å². The number of nitrogens with zero attached hydrogens (tertiary/aromatic N) is 1. The number of amides is 1. The van der Waals surface area contributed by atoms with Gasteiger partial charge in [0.15, 0.2) is 0 Å². The summed E-state index contributed by atoms with van der Waals surface area (Å²) in [4.78, 5) is 12.8. The summed E-state index contributed by atoms with van der Waals surface area (Å²) < 4.78 is 4.83. The first-order chi connectivity index (χ1) is 7.68. The van der Waals surface area contributed by atoms with Crippen molar-refractivity contribution in [3.63, 3.8) is 0 Å². The van der Waals surface area contributed by atoms with Gasteiger partial charge in [-0.3, -0.25) is 0 Å². The van der Waals surface area contributed by atoms with E-state index < -0.39 is 0 Å². The van der Waals surface area contributed by atoms with Gasteiger partial charge in [-0.2, -0.15) is 0 Å². The van der Waals surface area contributed by atoms with E-state index in [0.29, 0.717) is 24.7 Å². The molecule has 1 unspecified atom stereocenters. The minimum atomic E-state index is -0.303. The van der Waals surface area contributed by atoms with Gasteiger partial charge in [-0.15, -0.1) is 0 Å². The molecule has 86 valence electrons. The predicted molar refractivity (Wildman–Crippen MR) is 61.3 cm³/mol. The number of cyclic esters (lactones) is 1. The van der Waals surface area contributed by atoms with Gasteiger partial charge in [0.2, 0.25) is 0 Å². The normalized spacial score (nSPS) is 17.4. The largest absolute Gasteiger partial charge is 0.448 e. The number of ether oxygens (including phenoxy) is 1. The Balaban J connectivity index is 2.05. The van der Waals surface area contributed by atoms with Crippen LogP contribution in [0.1, 0.15) is 11.6 Å². The number of hydrogen-bond acceptors (Lipinski definition) is 3. The van der Waals surface area contributed by atoms with Crippen LogP contribution < -0.4 is 5.73 Å². The molecule has 1 atom stereocenters. The lowest BCUT2D eigenvalue weighted by atomic mass is 10.1. The zero-order valence-corrected chi connectivity index (χ0v) is 9.48. The van der Waals surface area contributed by atoms with Crippen LogP contribution in [-0.2, 0) is 4.74 Å². The molecule has 0 bridgehead atoms. The van der Waals surface area contributed by atoms with Crippen LogP contribution in [0.15, 0.2) is 24.3 Å². The summed E-state index contributed by atoms with van der Waals surface area (Å²) >= 11 is 6.03. The Labute approximate surface area is 98.9 Å². The maximum atomic E-state index is 11.2. The van der Waals surface area contributed by atoms with Crippen LogP contribution in [-0.4, -0.2) is 30.7 Å². The number of hydrogen-bond donors (Lipinski definition) is 1. The molecule has 1 aromatic rings. The fourth-order valence-electron chi connectivity index (χ4n) is 1.70. The molecule has 1 aliphatic heterocycles. The van der Waals surface area contributed by atoms with Crippen molar-refractivity contribution in [2.45, 2.75) is 6.04 Å². The summed E-state index contributed by atoms with van der Waals surface area (Å²) in [6.07, 6.45) is -0.303. The summed E-state index contributed by atoms with van der Waals surface area (Å²) in [6.45, 7) is 1.47. The molecule has 0 spiro atoms. The maximum Gasteiger partial charge on any atom is 0.410 e. The molecule has 1 fully saturated rings. The molecule has 0 aromatic heterocycles. The topological polar surface area (TPSA) is 55.6 Å². The Bertz CT molecular complexity index is 397. The number of carbonyl (C=O) groups excluding carboxylic acids is 1. The molecule has 5 heteroatoms. The number of halogens is 1. The Morgan fingerprint density at radius 3 is 2.88 bits per heavy atom. The maximum absolute atomic E-state index is 11.2. The van der Waals surface area contributed by atoms with Gasteiger partial charge < -0.3 is 15.4 Å². The zero-order chi connectivity index (χ0) is 11.5. The van der Waals surface area contributed by atoms with Crippen LogP contribution in [0.25, 0.3) is 0 Å². The molecule has 2 N–H and O–H groups in total. The fourth-order valence-corrected chi connectivity index (χ4v) is 1.98. The van der Waals surface area contributed by atoms with E-state index in [2.05, 4.69) is 0 Å². The fraction of sp³-hybridized carbons (Fsp3) is 0.364. The molecule has 1 saturated heterocycles. The van der Waals surface area contributed by atoms with Crippen molar-refractivity contribution in [3.8, 4) is 0 Å². The van der Waals surface area contributed by atoms with Crippen molar-refractivity contribution in [1.29, 1.82) is 0 Å². The Kier molecular flexibility index (Phi) is 3.31. The number of benzene rings is 1. The average molecular weight is 241 g/mol. The smallest absolute Gasteiger partial charge is 0.410 e. The van der Waals surface area contributed by atoms with Crippen LogP contribution in [0.4, 0.5) is 4.79 Å². The van der Waals surface area contributed by atoms with Crippen LogP contribution in [0, 0.1) is 0 Å². The van der Waals surface area contributed by atoms with Crippen LogP contribution in [0.3, 0.4) is 0 Å². The molecular weight excluding hydrogens is 228 g/mol. The molecule has 2 rings (SSSR count). The first-order valence-corrected chi connectivity index (χ1v) is 5.48. The monoisotopic (exact) mass is 240 g/mol. The zero-order valence-electron chi connectivity index (χ0n) is 8.73. The molecule has 0 saturated carbocycles. The molecule has 1 amide bonds. The minimum Gasteiger partial charge on any atom is -0.448 e. The third-order valence-corrected chi connectivity index (χ3v) is 2.91. The lowest BCUT2D eigenvalue weighted by Crippen LogP contribution is -2.32. The number of rotatable bonds is 3. The SMILES string of the molecule is NC(CN1CCOC1=O)c1ccccc1Cl. The highest BCUT2D eigenvalue weighted by atomic mass is 35.5. The van der Waals surface area contributed by atoms with Crippen molar-refractivity contribution in [2.24, 2.45) is 5.73 Å². The summed E-state index contributed by atoms with van der Waals surface area (Å²) in [5, 5.41) is 0.627. The second kappa shape index (κ2) is 4.72. The lowest BCUT2D eigenvalue weighted by Gasteiger charge is -2.19. The quantitative estimate of drug-likeness (QED) is 0.877. The molecule has 0 aliphatic carbocycles. The van der Waals surface area contributed by atoms with Gasteiger partial charge in [-0.25, -0.2) is 4.79 Å². The second-order valence-corrected chi connectivity index (χ2v) is 4.10. The van der Waals surface area contributed by atoms with Crippen molar-refractivity contribution in [2.75, 3.05) is 19.7 Å². The molecule has 1 heterocycles. The van der Waals surface area contributed by atoms with Crippen LogP contribution in [0.5, 0.6) is 0 Å². The summed E-state index contributed by atoms with van der Waals surface area (Å²) in [6, 6.07) is 7.11. The second-order valence-electron chi connectivity index (χ2n) is 3.69. The average Bonchev–Trinajstić information content (AvgIpc) is 2.65. The third-order valence-electron chi connectivity index (χ3n) is 2.57. The van der Waals surface area contributed by atoms with Crippen molar-refractivity contribution in [1.82, 2.24) is 4.90 Å². The number of carbonyl (C=O) groups is 1. The van der Waals surface area contributed by atoms with Gasteiger partial charge in [-0.05, 0) is 11.6 Å². The molecule has 1 aromatic carbocycles.